The Labute approximate surface area is 153 Å². The van der Waals surface area contributed by atoms with E-state index in [2.05, 4.69) is 10.3 Å². The maximum atomic E-state index is 12.7. The monoisotopic (exact) mass is 350 g/mol. The average Bonchev–Trinajstić information content (AvgIpc) is 2.67. The highest BCUT2D eigenvalue weighted by atomic mass is 16.2. The molecule has 134 valence electrons. The van der Waals surface area contributed by atoms with Crippen molar-refractivity contribution in [3.05, 3.63) is 59.4 Å². The van der Waals surface area contributed by atoms with Crippen molar-refractivity contribution in [2.75, 3.05) is 18.4 Å². The lowest BCUT2D eigenvalue weighted by molar-refractivity contribution is 0.0755. The molecule has 0 aliphatic rings. The smallest absolute Gasteiger partial charge is 0.274 e. The Morgan fingerprint density at radius 2 is 1.88 bits per heavy atom. The summed E-state index contributed by atoms with van der Waals surface area (Å²) in [6.45, 7) is 5.41. The highest BCUT2D eigenvalue weighted by Crippen LogP contribution is 2.13. The molecule has 1 aromatic carbocycles. The summed E-state index contributed by atoms with van der Waals surface area (Å²) < 4.78 is 0. The number of aromatic nitrogens is 1. The fraction of sp³-hybridized carbons (Fsp3) is 0.300. The van der Waals surface area contributed by atoms with Crippen LogP contribution in [0.1, 0.15) is 53.1 Å². The number of nitriles is 1. The predicted octanol–water partition coefficient (Wildman–Crippen LogP) is 3.47. The Balaban J connectivity index is 2.18. The van der Waals surface area contributed by atoms with Gasteiger partial charge in [0.05, 0.1) is 11.6 Å². The molecule has 0 saturated heterocycles. The summed E-state index contributed by atoms with van der Waals surface area (Å²) in [6, 6.07) is 11.8. The third-order valence-corrected chi connectivity index (χ3v) is 3.76. The van der Waals surface area contributed by atoms with Gasteiger partial charge in [0.25, 0.3) is 11.8 Å². The van der Waals surface area contributed by atoms with E-state index in [0.717, 1.165) is 12.8 Å². The van der Waals surface area contributed by atoms with Crippen molar-refractivity contribution in [2.24, 2.45) is 0 Å². The first-order valence-electron chi connectivity index (χ1n) is 8.65. The predicted molar refractivity (Wildman–Crippen MR) is 99.8 cm³/mol. The number of carbonyl (C=O) groups is 2. The van der Waals surface area contributed by atoms with Gasteiger partial charge in [0.1, 0.15) is 5.69 Å². The molecule has 1 heterocycles. The minimum atomic E-state index is -0.424. The van der Waals surface area contributed by atoms with Gasteiger partial charge in [-0.05, 0) is 43.2 Å². The normalized spacial score (nSPS) is 10.0. The summed E-state index contributed by atoms with van der Waals surface area (Å²) >= 11 is 0. The molecule has 0 atom stereocenters. The Kier molecular flexibility index (Phi) is 6.86. The number of pyridine rings is 1. The molecule has 0 unspecified atom stereocenters. The van der Waals surface area contributed by atoms with E-state index in [9.17, 15) is 9.59 Å². The van der Waals surface area contributed by atoms with Gasteiger partial charge in [-0.3, -0.25) is 14.6 Å². The quantitative estimate of drug-likeness (QED) is 0.828. The van der Waals surface area contributed by atoms with Gasteiger partial charge in [0.2, 0.25) is 0 Å². The van der Waals surface area contributed by atoms with Gasteiger partial charge < -0.3 is 10.2 Å². The van der Waals surface area contributed by atoms with Crippen LogP contribution in [0.2, 0.25) is 0 Å². The van der Waals surface area contributed by atoms with Gasteiger partial charge >= 0.3 is 0 Å². The van der Waals surface area contributed by atoms with Crippen molar-refractivity contribution in [1.29, 1.82) is 5.26 Å². The maximum Gasteiger partial charge on any atom is 0.274 e. The molecule has 26 heavy (non-hydrogen) atoms. The lowest BCUT2D eigenvalue weighted by Gasteiger charge is -2.21. The summed E-state index contributed by atoms with van der Waals surface area (Å²) in [5.74, 6) is -0.524. The zero-order valence-corrected chi connectivity index (χ0v) is 15.0. The molecule has 0 radical (unpaired) electrons. The number of carbonyl (C=O) groups excluding carboxylic acids is 2. The standard InChI is InChI=1S/C20H22N4O2/c1-3-10-24(11-4-2)20(26)16-8-9-22-18(13-16)19(25)23-17-7-5-6-15(12-17)14-21/h5-9,12-13H,3-4,10-11H2,1-2H3,(H,23,25). The first kappa shape index (κ1) is 19.1. The van der Waals surface area contributed by atoms with E-state index in [0.29, 0.717) is 29.9 Å². The topological polar surface area (TPSA) is 86.1 Å². The van der Waals surface area contributed by atoms with Crippen LogP contribution >= 0.6 is 0 Å². The van der Waals surface area contributed by atoms with E-state index in [4.69, 9.17) is 5.26 Å². The molecule has 0 fully saturated rings. The Morgan fingerprint density at radius 1 is 1.15 bits per heavy atom. The van der Waals surface area contributed by atoms with Crippen molar-refractivity contribution >= 4 is 17.5 Å². The summed E-state index contributed by atoms with van der Waals surface area (Å²) in [7, 11) is 0. The Bertz CT molecular complexity index is 821. The number of nitrogens with one attached hydrogen (secondary N) is 1. The van der Waals surface area contributed by atoms with Crippen molar-refractivity contribution in [3.63, 3.8) is 0 Å². The third kappa shape index (κ3) is 4.90. The molecule has 6 nitrogen and oxygen atoms in total. The van der Waals surface area contributed by atoms with Gasteiger partial charge in [-0.15, -0.1) is 0 Å². The van der Waals surface area contributed by atoms with Crippen LogP contribution in [0.15, 0.2) is 42.6 Å². The van der Waals surface area contributed by atoms with Crippen LogP contribution in [0, 0.1) is 11.3 Å². The number of amides is 2. The average molecular weight is 350 g/mol. The molecule has 1 N–H and O–H groups in total. The first-order valence-corrected chi connectivity index (χ1v) is 8.65. The molecule has 0 aliphatic carbocycles. The Morgan fingerprint density at radius 3 is 2.54 bits per heavy atom. The lowest BCUT2D eigenvalue weighted by Crippen LogP contribution is -2.32. The molecule has 0 saturated carbocycles. The van der Waals surface area contributed by atoms with Crippen LogP contribution in [-0.4, -0.2) is 34.8 Å². The molecule has 1 aromatic heterocycles. The zero-order valence-electron chi connectivity index (χ0n) is 15.0. The van der Waals surface area contributed by atoms with Crippen molar-refractivity contribution in [1.82, 2.24) is 9.88 Å². The fourth-order valence-corrected chi connectivity index (χ4v) is 2.59. The van der Waals surface area contributed by atoms with Gasteiger partial charge in [-0.1, -0.05) is 19.9 Å². The van der Waals surface area contributed by atoms with E-state index in [1.54, 1.807) is 35.2 Å². The maximum absolute atomic E-state index is 12.7. The summed E-state index contributed by atoms with van der Waals surface area (Å²) in [4.78, 5) is 30.9. The van der Waals surface area contributed by atoms with E-state index < -0.39 is 5.91 Å². The SMILES string of the molecule is CCCN(CCC)C(=O)c1ccnc(C(=O)Nc2cccc(C#N)c2)c1. The van der Waals surface area contributed by atoms with E-state index in [-0.39, 0.29) is 11.6 Å². The van der Waals surface area contributed by atoms with Gasteiger partial charge in [-0.2, -0.15) is 5.26 Å². The highest BCUT2D eigenvalue weighted by Gasteiger charge is 2.17. The fourth-order valence-electron chi connectivity index (χ4n) is 2.59. The Hall–Kier alpha value is -3.20. The molecular weight excluding hydrogens is 328 g/mol. The van der Waals surface area contributed by atoms with Gasteiger partial charge in [0, 0.05) is 30.5 Å². The first-order chi connectivity index (χ1) is 12.6. The molecule has 6 heteroatoms. The number of hydrogen-bond donors (Lipinski definition) is 1. The van der Waals surface area contributed by atoms with Crippen LogP contribution in [0.4, 0.5) is 5.69 Å². The van der Waals surface area contributed by atoms with Crippen molar-refractivity contribution in [3.8, 4) is 6.07 Å². The van der Waals surface area contributed by atoms with Gasteiger partial charge in [0.15, 0.2) is 0 Å². The molecule has 0 spiro atoms. The largest absolute Gasteiger partial charge is 0.339 e. The second kappa shape index (κ2) is 9.33. The lowest BCUT2D eigenvalue weighted by atomic mass is 10.1. The molecule has 0 bridgehead atoms. The minimum absolute atomic E-state index is 0.100. The molecule has 2 amide bonds. The number of nitrogens with zero attached hydrogens (tertiary/aromatic N) is 3. The molecule has 2 rings (SSSR count). The summed E-state index contributed by atoms with van der Waals surface area (Å²) in [6.07, 6.45) is 3.21. The van der Waals surface area contributed by atoms with Crippen LogP contribution in [0.3, 0.4) is 0 Å². The van der Waals surface area contributed by atoms with Crippen LogP contribution in [-0.2, 0) is 0 Å². The molecular formula is C20H22N4O2. The second-order valence-corrected chi connectivity index (χ2v) is 5.87. The van der Waals surface area contributed by atoms with Crippen LogP contribution in [0.25, 0.3) is 0 Å². The molecule has 0 aliphatic heterocycles. The van der Waals surface area contributed by atoms with E-state index >= 15 is 0 Å². The second-order valence-electron chi connectivity index (χ2n) is 5.87. The zero-order chi connectivity index (χ0) is 18.9. The third-order valence-electron chi connectivity index (χ3n) is 3.76. The van der Waals surface area contributed by atoms with Gasteiger partial charge in [-0.25, -0.2) is 0 Å². The highest BCUT2D eigenvalue weighted by molar-refractivity contribution is 6.04. The minimum Gasteiger partial charge on any atom is -0.339 e. The van der Waals surface area contributed by atoms with E-state index in [1.165, 1.54) is 12.3 Å². The number of anilines is 1. The number of rotatable bonds is 7. The molecule has 2 aromatic rings. The number of hydrogen-bond acceptors (Lipinski definition) is 4. The van der Waals surface area contributed by atoms with Crippen molar-refractivity contribution in [2.45, 2.75) is 26.7 Å². The summed E-state index contributed by atoms with van der Waals surface area (Å²) in [5.41, 5.74) is 1.56. The van der Waals surface area contributed by atoms with Crippen molar-refractivity contribution < 1.29 is 9.59 Å². The van der Waals surface area contributed by atoms with Crippen LogP contribution in [0.5, 0.6) is 0 Å². The summed E-state index contributed by atoms with van der Waals surface area (Å²) in [5, 5.41) is 11.6. The van der Waals surface area contributed by atoms with Crippen LogP contribution < -0.4 is 5.32 Å². The number of benzene rings is 1. The van der Waals surface area contributed by atoms with E-state index in [1.807, 2.05) is 19.9 Å².